The first-order valence-electron chi connectivity index (χ1n) is 8.64. The normalized spacial score (nSPS) is 20.3. The van der Waals surface area contributed by atoms with Crippen molar-refractivity contribution in [2.24, 2.45) is 0 Å². The van der Waals surface area contributed by atoms with Gasteiger partial charge in [0.25, 0.3) is 0 Å². The maximum Gasteiger partial charge on any atom is 0.315 e. The maximum atomic E-state index is 12.1. The van der Waals surface area contributed by atoms with Gasteiger partial charge in [-0.15, -0.1) is 0 Å². The zero-order valence-corrected chi connectivity index (χ0v) is 14.3. The molecule has 0 bridgehead atoms. The third kappa shape index (κ3) is 2.88. The number of benzene rings is 1. The van der Waals surface area contributed by atoms with Crippen molar-refractivity contribution in [3.05, 3.63) is 78.4 Å². The molecule has 1 N–H and O–H groups in total. The smallest absolute Gasteiger partial charge is 0.315 e. The standard InChI is InChI=1S/C20H20N4O2/c25-19(26)20(16-4-2-1-3-5-16)9-13-23(15-20)14-18-8-12-22-24(18)17-6-10-21-11-7-17/h1-8,10-12H,9,13-15H2,(H,25,26). The van der Waals surface area contributed by atoms with E-state index in [2.05, 4.69) is 15.0 Å². The Labute approximate surface area is 151 Å². The molecule has 1 aromatic carbocycles. The van der Waals surface area contributed by atoms with Gasteiger partial charge in [-0.2, -0.15) is 5.10 Å². The molecule has 26 heavy (non-hydrogen) atoms. The topological polar surface area (TPSA) is 71.2 Å². The van der Waals surface area contributed by atoms with Crippen molar-refractivity contribution < 1.29 is 9.90 Å². The van der Waals surface area contributed by atoms with Crippen LogP contribution in [0, 0.1) is 0 Å². The molecule has 6 nitrogen and oxygen atoms in total. The third-order valence-corrected chi connectivity index (χ3v) is 5.10. The molecule has 0 aliphatic carbocycles. The van der Waals surface area contributed by atoms with E-state index in [1.807, 2.05) is 53.2 Å². The summed E-state index contributed by atoms with van der Waals surface area (Å²) >= 11 is 0. The predicted octanol–water partition coefficient (Wildman–Crippen LogP) is 2.50. The fourth-order valence-corrected chi connectivity index (χ4v) is 3.71. The van der Waals surface area contributed by atoms with Crippen molar-refractivity contribution in [1.82, 2.24) is 19.7 Å². The Bertz CT molecular complexity index is 894. The van der Waals surface area contributed by atoms with E-state index in [4.69, 9.17) is 0 Å². The number of carbonyl (C=O) groups is 1. The molecular formula is C20H20N4O2. The number of nitrogens with zero attached hydrogens (tertiary/aromatic N) is 4. The van der Waals surface area contributed by atoms with Crippen molar-refractivity contribution in [3.63, 3.8) is 0 Å². The molecule has 0 spiro atoms. The van der Waals surface area contributed by atoms with Gasteiger partial charge in [0.05, 0.1) is 11.4 Å². The molecule has 2 aromatic heterocycles. The molecule has 132 valence electrons. The molecule has 1 fully saturated rings. The van der Waals surface area contributed by atoms with Crippen LogP contribution < -0.4 is 0 Å². The second kappa shape index (κ2) is 6.72. The zero-order valence-electron chi connectivity index (χ0n) is 14.3. The molecule has 0 amide bonds. The molecule has 1 aliphatic rings. The van der Waals surface area contributed by atoms with Crippen LogP contribution in [0.1, 0.15) is 17.7 Å². The van der Waals surface area contributed by atoms with Crippen molar-refractivity contribution in [2.45, 2.75) is 18.4 Å². The van der Waals surface area contributed by atoms with Gasteiger partial charge in [0.15, 0.2) is 0 Å². The third-order valence-electron chi connectivity index (χ3n) is 5.10. The first kappa shape index (κ1) is 16.5. The molecule has 1 unspecified atom stereocenters. The molecule has 4 rings (SSSR count). The number of aromatic nitrogens is 3. The summed E-state index contributed by atoms with van der Waals surface area (Å²) in [5.74, 6) is -0.756. The molecule has 3 aromatic rings. The van der Waals surface area contributed by atoms with Gasteiger partial charge < -0.3 is 5.11 Å². The van der Waals surface area contributed by atoms with E-state index in [0.717, 1.165) is 23.5 Å². The Morgan fingerprint density at radius 2 is 1.85 bits per heavy atom. The molecule has 3 heterocycles. The summed E-state index contributed by atoms with van der Waals surface area (Å²) in [5.41, 5.74) is 2.01. The monoisotopic (exact) mass is 348 g/mol. The quantitative estimate of drug-likeness (QED) is 0.767. The summed E-state index contributed by atoms with van der Waals surface area (Å²) in [6.07, 6.45) is 5.85. The van der Waals surface area contributed by atoms with Gasteiger partial charge in [0, 0.05) is 38.2 Å². The van der Waals surface area contributed by atoms with E-state index in [1.54, 1.807) is 18.6 Å². The second-order valence-corrected chi connectivity index (χ2v) is 6.65. The summed E-state index contributed by atoms with van der Waals surface area (Å²) < 4.78 is 1.88. The molecule has 1 saturated heterocycles. The number of carboxylic acid groups (broad SMARTS) is 1. The Kier molecular flexibility index (Phi) is 4.26. The average Bonchev–Trinajstić information content (AvgIpc) is 3.31. The van der Waals surface area contributed by atoms with Crippen LogP contribution in [-0.4, -0.2) is 43.8 Å². The summed E-state index contributed by atoms with van der Waals surface area (Å²) in [4.78, 5) is 18.3. The zero-order chi connectivity index (χ0) is 18.0. The number of pyridine rings is 1. The van der Waals surface area contributed by atoms with E-state index in [-0.39, 0.29) is 0 Å². The highest BCUT2D eigenvalue weighted by atomic mass is 16.4. The first-order chi connectivity index (χ1) is 12.7. The van der Waals surface area contributed by atoms with Crippen LogP contribution in [0.5, 0.6) is 0 Å². The van der Waals surface area contributed by atoms with Crippen molar-refractivity contribution >= 4 is 5.97 Å². The Morgan fingerprint density at radius 3 is 2.58 bits per heavy atom. The highest BCUT2D eigenvalue weighted by molar-refractivity contribution is 5.82. The number of likely N-dealkylation sites (tertiary alicyclic amines) is 1. The van der Waals surface area contributed by atoms with Crippen molar-refractivity contribution in [1.29, 1.82) is 0 Å². The Morgan fingerprint density at radius 1 is 1.08 bits per heavy atom. The SMILES string of the molecule is O=C(O)C1(c2ccccc2)CCN(Cc2ccnn2-c2ccncc2)C1. The fraction of sp³-hybridized carbons (Fsp3) is 0.250. The van der Waals surface area contributed by atoms with Gasteiger partial charge in [0.1, 0.15) is 5.41 Å². The Balaban J connectivity index is 1.57. The summed E-state index contributed by atoms with van der Waals surface area (Å²) in [7, 11) is 0. The highest BCUT2D eigenvalue weighted by Crippen LogP contribution is 2.35. The van der Waals surface area contributed by atoms with Gasteiger partial charge in [0.2, 0.25) is 0 Å². The fourth-order valence-electron chi connectivity index (χ4n) is 3.71. The predicted molar refractivity (Wildman–Crippen MR) is 97.0 cm³/mol. The van der Waals surface area contributed by atoms with E-state index in [9.17, 15) is 9.90 Å². The number of hydrogen-bond acceptors (Lipinski definition) is 4. The lowest BCUT2D eigenvalue weighted by molar-refractivity contribution is -0.143. The van der Waals surface area contributed by atoms with E-state index in [1.165, 1.54) is 0 Å². The lowest BCUT2D eigenvalue weighted by Crippen LogP contribution is -2.38. The molecule has 1 aliphatic heterocycles. The minimum absolute atomic E-state index is 0.494. The van der Waals surface area contributed by atoms with Gasteiger partial charge in [-0.05, 0) is 30.2 Å². The second-order valence-electron chi connectivity index (χ2n) is 6.65. The summed E-state index contributed by atoms with van der Waals surface area (Å²) in [5, 5.41) is 14.3. The van der Waals surface area contributed by atoms with Crippen LogP contribution in [0.25, 0.3) is 5.69 Å². The van der Waals surface area contributed by atoms with E-state index < -0.39 is 11.4 Å². The van der Waals surface area contributed by atoms with Gasteiger partial charge in [-0.1, -0.05) is 30.3 Å². The van der Waals surface area contributed by atoms with Crippen molar-refractivity contribution in [2.75, 3.05) is 13.1 Å². The van der Waals surface area contributed by atoms with Crippen LogP contribution >= 0.6 is 0 Å². The van der Waals surface area contributed by atoms with Crippen LogP contribution in [0.15, 0.2) is 67.1 Å². The summed E-state index contributed by atoms with van der Waals surface area (Å²) in [6, 6.07) is 15.3. The molecular weight excluding hydrogens is 328 g/mol. The number of rotatable bonds is 5. The number of hydrogen-bond donors (Lipinski definition) is 1. The van der Waals surface area contributed by atoms with Crippen molar-refractivity contribution in [3.8, 4) is 5.69 Å². The lowest BCUT2D eigenvalue weighted by Gasteiger charge is -2.25. The molecule has 1 atom stereocenters. The Hall–Kier alpha value is -2.99. The van der Waals surface area contributed by atoms with Gasteiger partial charge in [-0.3, -0.25) is 14.7 Å². The first-order valence-corrected chi connectivity index (χ1v) is 8.64. The molecule has 6 heteroatoms. The summed E-state index contributed by atoms with van der Waals surface area (Å²) in [6.45, 7) is 1.89. The lowest BCUT2D eigenvalue weighted by atomic mass is 9.80. The minimum atomic E-state index is -0.844. The molecule has 0 saturated carbocycles. The minimum Gasteiger partial charge on any atom is -0.481 e. The van der Waals surface area contributed by atoms with Gasteiger partial charge in [-0.25, -0.2) is 4.68 Å². The van der Waals surface area contributed by atoms with Crippen LogP contribution in [0.3, 0.4) is 0 Å². The van der Waals surface area contributed by atoms with E-state index in [0.29, 0.717) is 19.5 Å². The largest absolute Gasteiger partial charge is 0.481 e. The molecule has 0 radical (unpaired) electrons. The number of aliphatic carboxylic acids is 1. The van der Waals surface area contributed by atoms with Crippen LogP contribution in [0.2, 0.25) is 0 Å². The number of carboxylic acids is 1. The van der Waals surface area contributed by atoms with E-state index >= 15 is 0 Å². The van der Waals surface area contributed by atoms with Crippen LogP contribution in [0.4, 0.5) is 0 Å². The average molecular weight is 348 g/mol. The van der Waals surface area contributed by atoms with Gasteiger partial charge >= 0.3 is 5.97 Å². The maximum absolute atomic E-state index is 12.1. The van der Waals surface area contributed by atoms with Crippen LogP contribution in [-0.2, 0) is 16.8 Å². The highest BCUT2D eigenvalue weighted by Gasteiger charge is 2.46.